The zero-order valence-corrected chi connectivity index (χ0v) is 8.21. The van der Waals surface area contributed by atoms with Gasteiger partial charge in [0.25, 0.3) is 0 Å². The number of carboxylic acid groups (broad SMARTS) is 1. The normalized spacial score (nSPS) is 11.9. The van der Waals surface area contributed by atoms with Crippen LogP contribution >= 0.6 is 0 Å². The van der Waals surface area contributed by atoms with Crippen molar-refractivity contribution in [3.8, 4) is 0 Å². The van der Waals surface area contributed by atoms with Gasteiger partial charge in [-0.15, -0.1) is 0 Å². The number of halogens is 1. The molecule has 0 bridgehead atoms. The molecule has 0 saturated carbocycles. The summed E-state index contributed by atoms with van der Waals surface area (Å²) < 4.78 is 14.4. The van der Waals surface area contributed by atoms with Crippen LogP contribution in [0.5, 0.6) is 0 Å². The second-order valence-corrected chi connectivity index (χ2v) is 3.01. The number of carboxylic acids is 1. The molecule has 0 atom stereocenters. The van der Waals surface area contributed by atoms with Crippen LogP contribution in [0.15, 0.2) is 5.83 Å². The summed E-state index contributed by atoms with van der Waals surface area (Å²) in [5.41, 5.74) is 1.87. The fraction of sp³-hybridized carbons (Fsp3) is 0.333. The molecule has 0 unspecified atom stereocenters. The molecule has 0 amide bonds. The van der Waals surface area contributed by atoms with E-state index in [0.29, 0.717) is 11.3 Å². The number of carbonyl (C=O) groups is 1. The lowest BCUT2D eigenvalue weighted by Gasteiger charge is -1.94. The van der Waals surface area contributed by atoms with E-state index in [4.69, 9.17) is 5.11 Å². The molecule has 1 rings (SSSR count). The van der Waals surface area contributed by atoms with Crippen LogP contribution in [0.4, 0.5) is 4.39 Å². The summed E-state index contributed by atoms with van der Waals surface area (Å²) in [6, 6.07) is 0. The van der Waals surface area contributed by atoms with Crippen LogP contribution in [0.3, 0.4) is 0 Å². The van der Waals surface area contributed by atoms with Gasteiger partial charge < -0.3 is 5.11 Å². The summed E-state index contributed by atoms with van der Waals surface area (Å²) in [6.45, 7) is 3.45. The van der Waals surface area contributed by atoms with E-state index in [-0.39, 0.29) is 0 Å². The molecular weight excluding hydrogens is 187 g/mol. The number of rotatable bonds is 2. The first kappa shape index (κ1) is 10.4. The number of hydrogen-bond acceptors (Lipinski definition) is 2. The lowest BCUT2D eigenvalue weighted by Crippen LogP contribution is -1.95. The van der Waals surface area contributed by atoms with E-state index >= 15 is 0 Å². The van der Waals surface area contributed by atoms with E-state index < -0.39 is 11.8 Å². The maximum absolute atomic E-state index is 12.8. The Labute approximate surface area is 80.7 Å². The second-order valence-electron chi connectivity index (χ2n) is 3.01. The zero-order chi connectivity index (χ0) is 10.9. The van der Waals surface area contributed by atoms with E-state index in [9.17, 15) is 9.18 Å². The van der Waals surface area contributed by atoms with Crippen LogP contribution in [0.2, 0.25) is 0 Å². The summed E-state index contributed by atoms with van der Waals surface area (Å²) in [5.74, 6) is -2.74. The molecule has 1 aromatic rings. The molecule has 14 heavy (non-hydrogen) atoms. The lowest BCUT2D eigenvalue weighted by atomic mass is 10.2. The van der Waals surface area contributed by atoms with Gasteiger partial charge in [-0.3, -0.25) is 4.68 Å². The van der Waals surface area contributed by atoms with Crippen LogP contribution < -0.4 is 0 Å². The first-order chi connectivity index (χ1) is 6.43. The molecule has 0 aliphatic heterocycles. The molecule has 1 heterocycles. The summed E-state index contributed by atoms with van der Waals surface area (Å²) in [7, 11) is 1.72. The van der Waals surface area contributed by atoms with Crippen molar-refractivity contribution in [3.63, 3.8) is 0 Å². The Morgan fingerprint density at radius 2 is 2.14 bits per heavy atom. The van der Waals surface area contributed by atoms with Crippen molar-refractivity contribution in [2.75, 3.05) is 0 Å². The minimum atomic E-state index is -1.56. The van der Waals surface area contributed by atoms with Gasteiger partial charge in [-0.05, 0) is 19.9 Å². The molecule has 0 radical (unpaired) electrons. The van der Waals surface area contributed by atoms with Gasteiger partial charge in [-0.1, -0.05) is 0 Å². The molecule has 0 aliphatic carbocycles. The van der Waals surface area contributed by atoms with E-state index in [1.807, 2.05) is 0 Å². The van der Waals surface area contributed by atoms with Crippen molar-refractivity contribution >= 4 is 12.0 Å². The van der Waals surface area contributed by atoms with Crippen molar-refractivity contribution in [1.29, 1.82) is 0 Å². The fourth-order valence-corrected chi connectivity index (χ4v) is 1.19. The Morgan fingerprint density at radius 1 is 1.57 bits per heavy atom. The molecule has 76 valence electrons. The highest BCUT2D eigenvalue weighted by atomic mass is 19.1. The molecular formula is C9H11FN2O2. The van der Waals surface area contributed by atoms with Crippen molar-refractivity contribution < 1.29 is 14.3 Å². The minimum Gasteiger partial charge on any atom is -0.476 e. The molecule has 0 saturated heterocycles. The van der Waals surface area contributed by atoms with Gasteiger partial charge in [0.1, 0.15) is 0 Å². The molecule has 4 nitrogen and oxygen atoms in total. The topological polar surface area (TPSA) is 55.1 Å². The number of nitrogens with zero attached hydrogens (tertiary/aromatic N) is 2. The first-order valence-corrected chi connectivity index (χ1v) is 4.04. The number of aryl methyl sites for hydroxylation is 2. The Kier molecular flexibility index (Phi) is 2.69. The standard InChI is InChI=1S/C9H11FN2O2/c1-5-7(4-8(10)9(13)14)6(2)12(3)11-5/h4H,1-3H3,(H,13,14). The highest BCUT2D eigenvalue weighted by Crippen LogP contribution is 2.16. The monoisotopic (exact) mass is 198 g/mol. The highest BCUT2D eigenvalue weighted by molar-refractivity contribution is 5.89. The van der Waals surface area contributed by atoms with Gasteiger partial charge in [-0.25, -0.2) is 4.79 Å². The Morgan fingerprint density at radius 3 is 2.50 bits per heavy atom. The highest BCUT2D eigenvalue weighted by Gasteiger charge is 2.11. The van der Waals surface area contributed by atoms with E-state index in [2.05, 4.69) is 5.10 Å². The van der Waals surface area contributed by atoms with Gasteiger partial charge in [0.05, 0.1) is 5.69 Å². The van der Waals surface area contributed by atoms with Crippen molar-refractivity contribution in [2.24, 2.45) is 7.05 Å². The molecule has 0 spiro atoms. The summed E-state index contributed by atoms with van der Waals surface area (Å²) in [6.07, 6.45) is 0.986. The smallest absolute Gasteiger partial charge is 0.364 e. The van der Waals surface area contributed by atoms with Crippen LogP contribution in [-0.4, -0.2) is 20.9 Å². The van der Waals surface area contributed by atoms with Crippen molar-refractivity contribution in [3.05, 3.63) is 22.8 Å². The average molecular weight is 198 g/mol. The van der Waals surface area contributed by atoms with Crippen LogP contribution in [-0.2, 0) is 11.8 Å². The predicted molar refractivity (Wildman–Crippen MR) is 49.4 cm³/mol. The molecule has 5 heteroatoms. The van der Waals surface area contributed by atoms with Gasteiger partial charge >= 0.3 is 5.97 Å². The number of aromatic nitrogens is 2. The summed E-state index contributed by atoms with van der Waals surface area (Å²) in [4.78, 5) is 10.3. The molecule has 1 N–H and O–H groups in total. The molecule has 0 aromatic carbocycles. The van der Waals surface area contributed by atoms with E-state index in [1.165, 1.54) is 0 Å². The quantitative estimate of drug-likeness (QED) is 0.731. The van der Waals surface area contributed by atoms with Gasteiger partial charge in [0.2, 0.25) is 5.83 Å². The first-order valence-electron chi connectivity index (χ1n) is 4.04. The summed E-state index contributed by atoms with van der Waals surface area (Å²) in [5, 5.41) is 12.4. The molecule has 1 aromatic heterocycles. The number of aliphatic carboxylic acids is 1. The SMILES string of the molecule is Cc1nn(C)c(C)c1C=C(F)C(=O)O. The Bertz CT molecular complexity index is 407. The van der Waals surface area contributed by atoms with E-state index in [1.54, 1.807) is 25.6 Å². The Hall–Kier alpha value is -1.65. The third-order valence-corrected chi connectivity index (χ3v) is 2.04. The van der Waals surface area contributed by atoms with Gasteiger partial charge in [0, 0.05) is 18.3 Å². The van der Waals surface area contributed by atoms with Crippen molar-refractivity contribution in [1.82, 2.24) is 9.78 Å². The maximum Gasteiger partial charge on any atom is 0.364 e. The van der Waals surface area contributed by atoms with Gasteiger partial charge in [-0.2, -0.15) is 9.49 Å². The van der Waals surface area contributed by atoms with Crippen LogP contribution in [0, 0.1) is 13.8 Å². The number of hydrogen-bond donors (Lipinski definition) is 1. The minimum absolute atomic E-state index is 0.521. The fourth-order valence-electron chi connectivity index (χ4n) is 1.19. The van der Waals surface area contributed by atoms with Crippen molar-refractivity contribution in [2.45, 2.75) is 13.8 Å². The summed E-state index contributed by atoms with van der Waals surface area (Å²) >= 11 is 0. The second kappa shape index (κ2) is 3.61. The average Bonchev–Trinajstić information content (AvgIpc) is 2.32. The largest absolute Gasteiger partial charge is 0.476 e. The van der Waals surface area contributed by atoms with Gasteiger partial charge in [0.15, 0.2) is 0 Å². The lowest BCUT2D eigenvalue weighted by molar-refractivity contribution is -0.134. The van der Waals surface area contributed by atoms with E-state index in [0.717, 1.165) is 11.8 Å². The predicted octanol–water partition coefficient (Wildman–Crippen LogP) is 1.43. The molecule has 0 aliphatic rings. The zero-order valence-electron chi connectivity index (χ0n) is 8.21. The van der Waals surface area contributed by atoms with Crippen LogP contribution in [0.25, 0.3) is 6.08 Å². The third-order valence-electron chi connectivity index (χ3n) is 2.04. The third kappa shape index (κ3) is 1.81. The Balaban J connectivity index is 3.20. The molecule has 0 fully saturated rings. The van der Waals surface area contributed by atoms with Crippen LogP contribution in [0.1, 0.15) is 17.0 Å². The maximum atomic E-state index is 12.8.